The van der Waals surface area contributed by atoms with Gasteiger partial charge in [0.2, 0.25) is 11.8 Å². The van der Waals surface area contributed by atoms with Gasteiger partial charge in [0.05, 0.1) is 0 Å². The van der Waals surface area contributed by atoms with E-state index in [4.69, 9.17) is 4.74 Å². The fraction of sp³-hybridized carbons (Fsp3) is 0.654. The molecule has 1 aromatic rings. The van der Waals surface area contributed by atoms with Crippen LogP contribution >= 0.6 is 0 Å². The summed E-state index contributed by atoms with van der Waals surface area (Å²) in [5.41, 5.74) is 0.227. The number of hydrogen-bond acceptors (Lipinski definition) is 5. The predicted octanol–water partition coefficient (Wildman–Crippen LogP) is 4.44. The maximum Gasteiger partial charge on any atom is 0.408 e. The van der Waals surface area contributed by atoms with Crippen molar-refractivity contribution < 1.29 is 24.2 Å². The second kappa shape index (κ2) is 12.6. The summed E-state index contributed by atoms with van der Waals surface area (Å²) in [6.45, 7) is 16.7. The quantitative estimate of drug-likeness (QED) is 0.432. The van der Waals surface area contributed by atoms with Gasteiger partial charge < -0.3 is 25.4 Å². The lowest BCUT2D eigenvalue weighted by Crippen LogP contribution is -2.56. The number of carbonyl (C=O) groups excluding carboxylic acids is 3. The molecule has 2 unspecified atom stereocenters. The molecular weight excluding hydrogens is 434 g/mol. The minimum atomic E-state index is -1.06. The van der Waals surface area contributed by atoms with Gasteiger partial charge in [-0.15, -0.1) is 0 Å². The number of carbonyl (C=O) groups is 3. The number of alkyl carbamates (subject to hydrolysis) is 1. The third-order valence-electron chi connectivity index (χ3n) is 5.34. The van der Waals surface area contributed by atoms with Gasteiger partial charge in [-0.3, -0.25) is 9.59 Å². The largest absolute Gasteiger partial charge is 0.507 e. The number of aromatic hydroxyl groups is 1. The van der Waals surface area contributed by atoms with E-state index in [9.17, 15) is 19.5 Å². The first kappa shape index (κ1) is 29.3. The summed E-state index contributed by atoms with van der Waals surface area (Å²) >= 11 is 0. The van der Waals surface area contributed by atoms with Gasteiger partial charge in [0, 0.05) is 18.2 Å². The number of phenols is 1. The lowest BCUT2D eigenvalue weighted by molar-refractivity contribution is -0.145. The molecule has 0 aliphatic heterocycles. The fourth-order valence-corrected chi connectivity index (χ4v) is 3.59. The van der Waals surface area contributed by atoms with Crippen LogP contribution in [-0.2, 0) is 14.3 Å². The van der Waals surface area contributed by atoms with E-state index in [0.29, 0.717) is 17.7 Å². The average Bonchev–Trinajstić information content (AvgIpc) is 2.70. The van der Waals surface area contributed by atoms with Gasteiger partial charge in [0.1, 0.15) is 23.4 Å². The number of phenolic OH excluding ortho intramolecular Hbond substituents is 1. The standard InChI is InChI=1S/C26H43N3O5/c1-10-11-15-27-23(31)21(19-14-12-13-18(6)22(19)30)29(17(4)5)24(32)20(16(2)3)28-25(33)34-26(7,8)9/h12-14,16-17,20-21,30H,10-11,15H2,1-9H3,(H,27,31)(H,28,33). The third kappa shape index (κ3) is 8.22. The molecule has 0 saturated carbocycles. The van der Waals surface area contributed by atoms with Crippen LogP contribution in [0.3, 0.4) is 0 Å². The van der Waals surface area contributed by atoms with Gasteiger partial charge in [-0.1, -0.05) is 45.4 Å². The molecule has 8 heteroatoms. The van der Waals surface area contributed by atoms with Crippen LogP contribution < -0.4 is 10.6 Å². The van der Waals surface area contributed by atoms with E-state index >= 15 is 0 Å². The van der Waals surface area contributed by atoms with Gasteiger partial charge in [-0.05, 0) is 59.4 Å². The molecule has 0 aromatic heterocycles. The highest BCUT2D eigenvalue weighted by molar-refractivity contribution is 5.93. The van der Waals surface area contributed by atoms with E-state index in [0.717, 1.165) is 12.8 Å². The monoisotopic (exact) mass is 477 g/mol. The maximum absolute atomic E-state index is 13.9. The molecule has 192 valence electrons. The molecule has 34 heavy (non-hydrogen) atoms. The molecule has 0 radical (unpaired) electrons. The molecule has 0 fully saturated rings. The summed E-state index contributed by atoms with van der Waals surface area (Å²) in [6, 6.07) is 2.77. The number of unbranched alkanes of at least 4 members (excludes halogenated alkanes) is 1. The number of nitrogens with zero attached hydrogens (tertiary/aromatic N) is 1. The Kier molecular flexibility index (Phi) is 10.9. The number of ether oxygens (including phenoxy) is 1. The van der Waals surface area contributed by atoms with E-state index < -0.39 is 35.7 Å². The fourth-order valence-electron chi connectivity index (χ4n) is 3.59. The highest BCUT2D eigenvalue weighted by Crippen LogP contribution is 2.33. The summed E-state index contributed by atoms with van der Waals surface area (Å²) in [6.07, 6.45) is 0.997. The topological polar surface area (TPSA) is 108 Å². The van der Waals surface area contributed by atoms with E-state index in [1.165, 1.54) is 4.90 Å². The molecular formula is C26H43N3O5. The Balaban J connectivity index is 3.47. The molecule has 0 bridgehead atoms. The van der Waals surface area contributed by atoms with Crippen molar-refractivity contribution in [3.63, 3.8) is 0 Å². The number of hydrogen-bond donors (Lipinski definition) is 3. The third-order valence-corrected chi connectivity index (χ3v) is 5.34. The van der Waals surface area contributed by atoms with Crippen molar-refractivity contribution in [2.24, 2.45) is 5.92 Å². The van der Waals surface area contributed by atoms with Crippen molar-refractivity contribution in [2.75, 3.05) is 6.54 Å². The number of rotatable bonds is 10. The maximum atomic E-state index is 13.9. The Morgan fingerprint density at radius 1 is 1.12 bits per heavy atom. The lowest BCUT2D eigenvalue weighted by Gasteiger charge is -2.38. The summed E-state index contributed by atoms with van der Waals surface area (Å²) in [4.78, 5) is 41.2. The zero-order valence-electron chi connectivity index (χ0n) is 22.2. The SMILES string of the molecule is CCCCNC(=O)C(c1cccc(C)c1O)N(C(=O)C(NC(=O)OC(C)(C)C)C(C)C)C(C)C. The Hall–Kier alpha value is -2.77. The van der Waals surface area contributed by atoms with Crippen LogP contribution in [0, 0.1) is 12.8 Å². The molecule has 0 heterocycles. The minimum Gasteiger partial charge on any atom is -0.507 e. The Morgan fingerprint density at radius 3 is 2.24 bits per heavy atom. The Labute approximate surface area is 204 Å². The molecule has 0 spiro atoms. The molecule has 8 nitrogen and oxygen atoms in total. The van der Waals surface area contributed by atoms with Crippen molar-refractivity contribution in [3.8, 4) is 5.75 Å². The van der Waals surface area contributed by atoms with Gasteiger partial charge in [0.15, 0.2) is 0 Å². The van der Waals surface area contributed by atoms with Crippen molar-refractivity contribution in [3.05, 3.63) is 29.3 Å². The molecule has 0 aliphatic rings. The molecule has 0 saturated heterocycles. The smallest absolute Gasteiger partial charge is 0.408 e. The molecule has 1 rings (SSSR count). The number of nitrogens with one attached hydrogen (secondary N) is 2. The first-order valence-electron chi connectivity index (χ1n) is 12.1. The van der Waals surface area contributed by atoms with Crippen LogP contribution in [-0.4, -0.2) is 52.1 Å². The Bertz CT molecular complexity index is 845. The zero-order valence-corrected chi connectivity index (χ0v) is 22.2. The zero-order chi connectivity index (χ0) is 26.2. The van der Waals surface area contributed by atoms with Gasteiger partial charge in [0.25, 0.3) is 0 Å². The number of benzene rings is 1. The Morgan fingerprint density at radius 2 is 1.74 bits per heavy atom. The van der Waals surface area contributed by atoms with E-state index in [1.54, 1.807) is 45.9 Å². The molecule has 3 N–H and O–H groups in total. The van der Waals surface area contributed by atoms with Crippen LogP contribution in [0.25, 0.3) is 0 Å². The number of aryl methyl sites for hydroxylation is 1. The van der Waals surface area contributed by atoms with Crippen LogP contribution in [0.4, 0.5) is 4.79 Å². The van der Waals surface area contributed by atoms with Crippen molar-refractivity contribution in [1.29, 1.82) is 0 Å². The second-order valence-electron chi connectivity index (χ2n) is 10.3. The summed E-state index contributed by atoms with van der Waals surface area (Å²) in [5, 5.41) is 16.4. The van der Waals surface area contributed by atoms with Gasteiger partial charge in [-0.2, -0.15) is 0 Å². The minimum absolute atomic E-state index is 0.0298. The molecule has 3 amide bonds. The normalized spacial score (nSPS) is 13.4. The first-order chi connectivity index (χ1) is 15.7. The van der Waals surface area contributed by atoms with E-state index in [2.05, 4.69) is 10.6 Å². The highest BCUT2D eigenvalue weighted by Gasteiger charge is 2.39. The second-order valence-corrected chi connectivity index (χ2v) is 10.3. The lowest BCUT2D eigenvalue weighted by atomic mass is 9.96. The van der Waals surface area contributed by atoms with Gasteiger partial charge >= 0.3 is 6.09 Å². The molecule has 1 aromatic carbocycles. The summed E-state index contributed by atoms with van der Waals surface area (Å²) in [5.74, 6) is -1.10. The van der Waals surface area contributed by atoms with Crippen molar-refractivity contribution >= 4 is 17.9 Å². The number of para-hydroxylation sites is 1. The van der Waals surface area contributed by atoms with Crippen molar-refractivity contribution in [1.82, 2.24) is 15.5 Å². The molecule has 0 aliphatic carbocycles. The first-order valence-corrected chi connectivity index (χ1v) is 12.1. The molecule has 2 atom stereocenters. The summed E-state index contributed by atoms with van der Waals surface area (Å²) in [7, 11) is 0. The number of amides is 3. The van der Waals surface area contributed by atoms with Crippen LogP contribution in [0.15, 0.2) is 18.2 Å². The highest BCUT2D eigenvalue weighted by atomic mass is 16.6. The van der Waals surface area contributed by atoms with E-state index in [1.807, 2.05) is 34.6 Å². The van der Waals surface area contributed by atoms with Crippen LogP contribution in [0.1, 0.15) is 85.4 Å². The van der Waals surface area contributed by atoms with Crippen LogP contribution in [0.2, 0.25) is 0 Å². The summed E-state index contributed by atoms with van der Waals surface area (Å²) < 4.78 is 5.36. The van der Waals surface area contributed by atoms with Crippen molar-refractivity contribution in [2.45, 2.75) is 98.9 Å². The predicted molar refractivity (Wildman–Crippen MR) is 133 cm³/mol. The van der Waals surface area contributed by atoms with Crippen LogP contribution in [0.5, 0.6) is 5.75 Å². The average molecular weight is 478 g/mol. The van der Waals surface area contributed by atoms with E-state index in [-0.39, 0.29) is 17.6 Å². The van der Waals surface area contributed by atoms with Gasteiger partial charge in [-0.25, -0.2) is 4.79 Å².